The fourth-order valence-corrected chi connectivity index (χ4v) is 2.92. The van der Waals surface area contributed by atoms with Gasteiger partial charge in [0.05, 0.1) is 6.10 Å². The van der Waals surface area contributed by atoms with Crippen molar-refractivity contribution >= 4 is 5.69 Å². The fourth-order valence-electron chi connectivity index (χ4n) is 2.92. The Kier molecular flexibility index (Phi) is 3.86. The number of aryl methyl sites for hydroxylation is 1. The molecule has 1 atom stereocenters. The molecule has 106 valence electrons. The third-order valence-electron chi connectivity index (χ3n) is 4.00. The number of hydrogen-bond donors (Lipinski definition) is 1. The van der Waals surface area contributed by atoms with Crippen LogP contribution in [-0.2, 0) is 0 Å². The molecule has 1 aliphatic heterocycles. The van der Waals surface area contributed by atoms with E-state index in [1.807, 2.05) is 6.07 Å². The molecule has 1 heterocycles. The first-order valence-electron chi connectivity index (χ1n) is 7.03. The summed E-state index contributed by atoms with van der Waals surface area (Å²) in [6.07, 6.45) is 1.71. The van der Waals surface area contributed by atoms with Crippen LogP contribution < -0.4 is 4.90 Å². The highest BCUT2D eigenvalue weighted by atomic mass is 19.1. The van der Waals surface area contributed by atoms with Crippen LogP contribution in [0.3, 0.4) is 0 Å². The topological polar surface area (TPSA) is 23.5 Å². The summed E-state index contributed by atoms with van der Waals surface area (Å²) in [5.74, 6) is -0.240. The molecule has 19 heavy (non-hydrogen) atoms. The highest BCUT2D eigenvalue weighted by Crippen LogP contribution is 2.36. The number of piperidine rings is 1. The Morgan fingerprint density at radius 1 is 1.37 bits per heavy atom. The quantitative estimate of drug-likeness (QED) is 0.879. The lowest BCUT2D eigenvalue weighted by molar-refractivity contribution is 0.198. The maximum Gasteiger partial charge on any atom is 0.126 e. The van der Waals surface area contributed by atoms with Gasteiger partial charge in [-0.05, 0) is 49.8 Å². The van der Waals surface area contributed by atoms with E-state index in [-0.39, 0.29) is 11.2 Å². The van der Waals surface area contributed by atoms with Gasteiger partial charge < -0.3 is 10.0 Å². The van der Waals surface area contributed by atoms with Crippen LogP contribution in [0.4, 0.5) is 10.1 Å². The molecular formula is C16H24FNO. The Morgan fingerprint density at radius 3 is 2.63 bits per heavy atom. The van der Waals surface area contributed by atoms with Crippen LogP contribution in [0, 0.1) is 18.2 Å². The first-order valence-corrected chi connectivity index (χ1v) is 7.03. The maximum atomic E-state index is 13.7. The van der Waals surface area contributed by atoms with Crippen molar-refractivity contribution in [2.24, 2.45) is 5.41 Å². The molecule has 1 fully saturated rings. The summed E-state index contributed by atoms with van der Waals surface area (Å²) in [7, 11) is 0. The zero-order chi connectivity index (χ0) is 14.2. The average Bonchev–Trinajstić information content (AvgIpc) is 2.30. The monoisotopic (exact) mass is 265 g/mol. The molecule has 0 spiro atoms. The number of aliphatic hydroxyl groups is 1. The predicted octanol–water partition coefficient (Wildman–Crippen LogP) is 3.81. The number of anilines is 1. The Morgan fingerprint density at radius 2 is 2.05 bits per heavy atom. The van der Waals surface area contributed by atoms with E-state index >= 15 is 0 Å². The van der Waals surface area contributed by atoms with Crippen molar-refractivity contribution in [2.45, 2.75) is 46.6 Å². The van der Waals surface area contributed by atoms with E-state index in [1.54, 1.807) is 13.8 Å². The van der Waals surface area contributed by atoms with E-state index in [9.17, 15) is 9.50 Å². The van der Waals surface area contributed by atoms with Crippen LogP contribution >= 0.6 is 0 Å². The summed E-state index contributed by atoms with van der Waals surface area (Å²) < 4.78 is 13.7. The summed E-state index contributed by atoms with van der Waals surface area (Å²) in [6.45, 7) is 9.93. The van der Waals surface area contributed by atoms with E-state index in [4.69, 9.17) is 0 Å². The molecule has 0 aromatic heterocycles. The van der Waals surface area contributed by atoms with Gasteiger partial charge in [-0.25, -0.2) is 4.39 Å². The number of nitrogens with zero attached hydrogens (tertiary/aromatic N) is 1. The van der Waals surface area contributed by atoms with Crippen LogP contribution in [0.15, 0.2) is 12.1 Å². The van der Waals surface area contributed by atoms with Gasteiger partial charge in [-0.2, -0.15) is 0 Å². The number of aliphatic hydroxyl groups excluding tert-OH is 1. The van der Waals surface area contributed by atoms with Crippen LogP contribution in [0.5, 0.6) is 0 Å². The van der Waals surface area contributed by atoms with Crippen molar-refractivity contribution in [1.82, 2.24) is 0 Å². The average molecular weight is 265 g/mol. The molecule has 0 unspecified atom stereocenters. The molecule has 1 aromatic carbocycles. The Balaban J connectivity index is 2.40. The highest BCUT2D eigenvalue weighted by molar-refractivity contribution is 5.57. The van der Waals surface area contributed by atoms with Gasteiger partial charge in [0.2, 0.25) is 0 Å². The van der Waals surface area contributed by atoms with E-state index in [0.717, 1.165) is 25.2 Å². The van der Waals surface area contributed by atoms with Gasteiger partial charge in [-0.3, -0.25) is 0 Å². The first kappa shape index (κ1) is 14.3. The molecule has 1 saturated heterocycles. The lowest BCUT2D eigenvalue weighted by atomic mass is 9.83. The first-order chi connectivity index (χ1) is 8.80. The van der Waals surface area contributed by atoms with Crippen LogP contribution in [0.25, 0.3) is 0 Å². The minimum absolute atomic E-state index is 0.240. The summed E-state index contributed by atoms with van der Waals surface area (Å²) in [5, 5.41) is 9.89. The molecule has 3 heteroatoms. The molecule has 1 aliphatic rings. The van der Waals surface area contributed by atoms with Gasteiger partial charge in [0.1, 0.15) is 5.82 Å². The maximum absolute atomic E-state index is 13.7. The number of benzene rings is 1. The molecule has 0 bridgehead atoms. The molecule has 0 radical (unpaired) electrons. The van der Waals surface area contributed by atoms with Crippen molar-refractivity contribution in [3.8, 4) is 0 Å². The third kappa shape index (κ3) is 3.08. The zero-order valence-electron chi connectivity index (χ0n) is 12.3. The van der Waals surface area contributed by atoms with Crippen molar-refractivity contribution in [2.75, 3.05) is 18.0 Å². The van der Waals surface area contributed by atoms with E-state index in [0.29, 0.717) is 11.1 Å². The van der Waals surface area contributed by atoms with Crippen LogP contribution in [0.2, 0.25) is 0 Å². The van der Waals surface area contributed by atoms with Crippen LogP contribution in [-0.4, -0.2) is 18.2 Å². The lowest BCUT2D eigenvalue weighted by Gasteiger charge is -2.40. The lowest BCUT2D eigenvalue weighted by Crippen LogP contribution is -2.40. The minimum Gasteiger partial charge on any atom is -0.389 e. The Labute approximate surface area is 115 Å². The number of rotatable bonds is 2. The summed E-state index contributed by atoms with van der Waals surface area (Å²) in [6, 6.07) is 3.36. The fraction of sp³-hybridized carbons (Fsp3) is 0.625. The molecule has 1 N–H and O–H groups in total. The standard InChI is InChI=1S/C16H24FNO/c1-11-8-15(13(12(2)19)9-14(11)17)18-7-5-6-16(3,4)10-18/h8-9,12,19H,5-7,10H2,1-4H3/t12-/m0/s1. The molecule has 1 aromatic rings. The molecular weight excluding hydrogens is 241 g/mol. The molecule has 0 amide bonds. The van der Waals surface area contributed by atoms with E-state index < -0.39 is 6.10 Å². The second-order valence-corrected chi connectivity index (χ2v) is 6.53. The second kappa shape index (κ2) is 5.12. The van der Waals surface area contributed by atoms with Gasteiger partial charge in [0.25, 0.3) is 0 Å². The second-order valence-electron chi connectivity index (χ2n) is 6.53. The smallest absolute Gasteiger partial charge is 0.126 e. The normalized spacial score (nSPS) is 20.4. The van der Waals surface area contributed by atoms with Crippen molar-refractivity contribution in [3.05, 3.63) is 29.1 Å². The van der Waals surface area contributed by atoms with Gasteiger partial charge in [0.15, 0.2) is 0 Å². The van der Waals surface area contributed by atoms with Gasteiger partial charge in [-0.15, -0.1) is 0 Å². The largest absolute Gasteiger partial charge is 0.389 e. The van der Waals surface area contributed by atoms with Crippen LogP contribution in [0.1, 0.15) is 50.8 Å². The zero-order valence-corrected chi connectivity index (χ0v) is 12.3. The summed E-state index contributed by atoms with van der Waals surface area (Å²) in [5.41, 5.74) is 2.60. The van der Waals surface area contributed by atoms with Gasteiger partial charge >= 0.3 is 0 Å². The van der Waals surface area contributed by atoms with Gasteiger partial charge in [-0.1, -0.05) is 13.8 Å². The third-order valence-corrected chi connectivity index (χ3v) is 4.00. The van der Waals surface area contributed by atoms with Crippen molar-refractivity contribution in [1.29, 1.82) is 0 Å². The van der Waals surface area contributed by atoms with Crippen molar-refractivity contribution < 1.29 is 9.50 Å². The number of halogens is 1. The molecule has 0 aliphatic carbocycles. The molecule has 2 nitrogen and oxygen atoms in total. The highest BCUT2D eigenvalue weighted by Gasteiger charge is 2.28. The Bertz CT molecular complexity index is 468. The predicted molar refractivity (Wildman–Crippen MR) is 77.0 cm³/mol. The Hall–Kier alpha value is -1.09. The molecule has 0 saturated carbocycles. The molecule has 2 rings (SSSR count). The van der Waals surface area contributed by atoms with E-state index in [2.05, 4.69) is 18.7 Å². The van der Waals surface area contributed by atoms with E-state index in [1.165, 1.54) is 12.5 Å². The summed E-state index contributed by atoms with van der Waals surface area (Å²) in [4.78, 5) is 2.29. The SMILES string of the molecule is Cc1cc(N2CCCC(C)(C)C2)c([C@H](C)O)cc1F. The summed E-state index contributed by atoms with van der Waals surface area (Å²) >= 11 is 0. The van der Waals surface area contributed by atoms with Crippen molar-refractivity contribution in [3.63, 3.8) is 0 Å². The van der Waals surface area contributed by atoms with Gasteiger partial charge in [0, 0.05) is 24.3 Å². The number of hydrogen-bond acceptors (Lipinski definition) is 2. The minimum atomic E-state index is -0.643.